The van der Waals surface area contributed by atoms with Gasteiger partial charge in [-0.3, -0.25) is 9.00 Å². The van der Waals surface area contributed by atoms with Crippen LogP contribution >= 0.6 is 0 Å². The molecule has 0 radical (unpaired) electrons. The molecule has 0 aliphatic rings. The highest BCUT2D eigenvalue weighted by molar-refractivity contribution is 7.83. The van der Waals surface area contributed by atoms with Gasteiger partial charge in [0.05, 0.1) is 0 Å². The van der Waals surface area contributed by atoms with Gasteiger partial charge < -0.3 is 5.32 Å². The van der Waals surface area contributed by atoms with Crippen molar-refractivity contribution in [3.63, 3.8) is 0 Å². The Hall–Kier alpha value is -1.94. The molecule has 1 N–H and O–H groups in total. The van der Waals surface area contributed by atoms with Crippen molar-refractivity contribution in [1.29, 1.82) is 0 Å². The first-order chi connectivity index (χ1) is 10.5. The van der Waals surface area contributed by atoms with Crippen LogP contribution in [0.15, 0.2) is 42.5 Å². The fourth-order valence-electron chi connectivity index (χ4n) is 2.28. The Kier molecular flexibility index (Phi) is 5.50. The molecule has 2 rings (SSSR count). The smallest absolute Gasteiger partial charge is 0.255 e. The van der Waals surface area contributed by atoms with Gasteiger partial charge in [-0.15, -0.1) is 0 Å². The maximum atomic E-state index is 12.3. The molecular weight excluding hydrogens is 294 g/mol. The van der Waals surface area contributed by atoms with Crippen LogP contribution in [0, 0.1) is 6.92 Å². The number of anilines is 1. The molecule has 0 unspecified atom stereocenters. The van der Waals surface area contributed by atoms with E-state index in [2.05, 4.69) is 12.2 Å². The van der Waals surface area contributed by atoms with Gasteiger partial charge in [-0.05, 0) is 48.2 Å². The summed E-state index contributed by atoms with van der Waals surface area (Å²) in [5.41, 5.74) is 4.59. The van der Waals surface area contributed by atoms with Crippen LogP contribution in [0.25, 0.3) is 0 Å². The second-order valence-electron chi connectivity index (χ2n) is 5.31. The van der Waals surface area contributed by atoms with Crippen LogP contribution in [-0.4, -0.2) is 16.4 Å². The molecule has 0 fully saturated rings. The first kappa shape index (κ1) is 16.4. The van der Waals surface area contributed by atoms with Gasteiger partial charge in [0.25, 0.3) is 5.91 Å². The van der Waals surface area contributed by atoms with Gasteiger partial charge in [0, 0.05) is 34.1 Å². The topological polar surface area (TPSA) is 46.2 Å². The van der Waals surface area contributed by atoms with E-state index < -0.39 is 10.8 Å². The van der Waals surface area contributed by atoms with Crippen LogP contribution in [0.2, 0.25) is 0 Å². The molecule has 0 saturated carbocycles. The van der Waals surface area contributed by atoms with Crippen LogP contribution in [0.5, 0.6) is 0 Å². The van der Waals surface area contributed by atoms with Gasteiger partial charge in [-0.1, -0.05) is 31.2 Å². The predicted octanol–water partition coefficient (Wildman–Crippen LogP) is 3.69. The minimum Gasteiger partial charge on any atom is -0.322 e. The van der Waals surface area contributed by atoms with Crippen molar-refractivity contribution >= 4 is 22.4 Å². The van der Waals surface area contributed by atoms with Crippen molar-refractivity contribution < 1.29 is 9.00 Å². The molecule has 0 heterocycles. The molecule has 0 saturated heterocycles. The SMILES string of the molecule is CCc1ccc(C(=O)Nc2cccc(C[S@@](C)=O)c2C)cc1. The fraction of sp³-hybridized carbons (Fsp3) is 0.278. The number of rotatable bonds is 5. The number of hydrogen-bond donors (Lipinski definition) is 1. The van der Waals surface area contributed by atoms with Gasteiger partial charge in [-0.25, -0.2) is 0 Å². The molecule has 0 aliphatic carbocycles. The normalized spacial score (nSPS) is 12.0. The summed E-state index contributed by atoms with van der Waals surface area (Å²) in [7, 11) is -0.900. The second kappa shape index (κ2) is 7.36. The highest BCUT2D eigenvalue weighted by Crippen LogP contribution is 2.21. The molecule has 0 spiro atoms. The first-order valence-electron chi connectivity index (χ1n) is 7.30. The van der Waals surface area contributed by atoms with E-state index in [4.69, 9.17) is 0 Å². The lowest BCUT2D eigenvalue weighted by molar-refractivity contribution is 0.102. The number of amides is 1. The quantitative estimate of drug-likeness (QED) is 0.914. The first-order valence-corrected chi connectivity index (χ1v) is 9.02. The van der Waals surface area contributed by atoms with Crippen LogP contribution in [-0.2, 0) is 23.0 Å². The summed E-state index contributed by atoms with van der Waals surface area (Å²) >= 11 is 0. The summed E-state index contributed by atoms with van der Waals surface area (Å²) in [6.07, 6.45) is 2.64. The average molecular weight is 315 g/mol. The number of carbonyl (C=O) groups excluding carboxylic acids is 1. The molecule has 1 atom stereocenters. The highest BCUT2D eigenvalue weighted by Gasteiger charge is 2.10. The van der Waals surface area contributed by atoms with Crippen molar-refractivity contribution in [2.24, 2.45) is 0 Å². The van der Waals surface area contributed by atoms with E-state index in [1.54, 1.807) is 6.26 Å². The van der Waals surface area contributed by atoms with Gasteiger partial charge in [0.1, 0.15) is 0 Å². The highest BCUT2D eigenvalue weighted by atomic mass is 32.2. The third kappa shape index (κ3) is 4.04. The lowest BCUT2D eigenvalue weighted by atomic mass is 10.1. The van der Waals surface area contributed by atoms with Crippen molar-refractivity contribution in [1.82, 2.24) is 0 Å². The standard InChI is InChI=1S/C18H21NO2S/c1-4-14-8-10-15(11-9-14)18(20)19-17-7-5-6-16(13(17)2)12-22(3)21/h5-11H,4,12H2,1-3H3,(H,19,20)/t22-/m1/s1. The Balaban J connectivity index is 2.18. The second-order valence-corrected chi connectivity index (χ2v) is 6.75. The molecule has 3 nitrogen and oxygen atoms in total. The minimum absolute atomic E-state index is 0.125. The summed E-state index contributed by atoms with van der Waals surface area (Å²) in [6, 6.07) is 13.3. The van der Waals surface area contributed by atoms with E-state index in [0.29, 0.717) is 11.3 Å². The van der Waals surface area contributed by atoms with E-state index in [-0.39, 0.29) is 5.91 Å². The monoisotopic (exact) mass is 315 g/mol. The van der Waals surface area contributed by atoms with E-state index in [9.17, 15) is 9.00 Å². The van der Waals surface area contributed by atoms with Crippen LogP contribution in [0.1, 0.15) is 34.0 Å². The van der Waals surface area contributed by atoms with Crippen LogP contribution < -0.4 is 5.32 Å². The zero-order chi connectivity index (χ0) is 16.1. The summed E-state index contributed by atoms with van der Waals surface area (Å²) in [6.45, 7) is 4.03. The Bertz CT molecular complexity index is 693. The van der Waals surface area contributed by atoms with Crippen LogP contribution in [0.3, 0.4) is 0 Å². The minimum atomic E-state index is -0.900. The van der Waals surface area contributed by atoms with E-state index in [1.165, 1.54) is 5.56 Å². The van der Waals surface area contributed by atoms with Crippen molar-refractivity contribution in [3.8, 4) is 0 Å². The summed E-state index contributed by atoms with van der Waals surface area (Å²) in [4.78, 5) is 12.3. The molecular formula is C18H21NO2S. The number of benzene rings is 2. The molecule has 0 bridgehead atoms. The van der Waals surface area contributed by atoms with E-state index >= 15 is 0 Å². The van der Waals surface area contributed by atoms with Crippen molar-refractivity contribution in [2.45, 2.75) is 26.0 Å². The number of aryl methyl sites for hydroxylation is 1. The average Bonchev–Trinajstić information content (AvgIpc) is 2.51. The maximum absolute atomic E-state index is 12.3. The van der Waals surface area contributed by atoms with Gasteiger partial charge in [0.15, 0.2) is 0 Å². The summed E-state index contributed by atoms with van der Waals surface area (Å²) in [5.74, 6) is 0.376. The molecule has 0 aromatic heterocycles. The maximum Gasteiger partial charge on any atom is 0.255 e. The summed E-state index contributed by atoms with van der Waals surface area (Å²) in [5, 5.41) is 2.94. The number of carbonyl (C=O) groups is 1. The zero-order valence-electron chi connectivity index (χ0n) is 13.2. The molecule has 116 valence electrons. The molecule has 4 heteroatoms. The molecule has 2 aromatic rings. The van der Waals surface area contributed by atoms with Crippen LogP contribution in [0.4, 0.5) is 5.69 Å². The third-order valence-electron chi connectivity index (χ3n) is 3.68. The number of nitrogens with one attached hydrogen (secondary N) is 1. The molecule has 1 amide bonds. The van der Waals surface area contributed by atoms with Crippen molar-refractivity contribution in [2.75, 3.05) is 11.6 Å². The number of hydrogen-bond acceptors (Lipinski definition) is 2. The summed E-state index contributed by atoms with van der Waals surface area (Å²) < 4.78 is 11.4. The Morgan fingerprint density at radius 1 is 1.14 bits per heavy atom. The molecule has 22 heavy (non-hydrogen) atoms. The van der Waals surface area contributed by atoms with E-state index in [1.807, 2.05) is 49.4 Å². The Morgan fingerprint density at radius 3 is 2.41 bits per heavy atom. The Morgan fingerprint density at radius 2 is 1.82 bits per heavy atom. The van der Waals surface area contributed by atoms with Gasteiger partial charge in [0.2, 0.25) is 0 Å². The predicted molar refractivity (Wildman–Crippen MR) is 92.7 cm³/mol. The largest absolute Gasteiger partial charge is 0.322 e. The Labute approximate surface area is 134 Å². The van der Waals surface area contributed by atoms with Crippen molar-refractivity contribution in [3.05, 3.63) is 64.7 Å². The van der Waals surface area contributed by atoms with Gasteiger partial charge >= 0.3 is 0 Å². The van der Waals surface area contributed by atoms with E-state index in [0.717, 1.165) is 23.2 Å². The van der Waals surface area contributed by atoms with Gasteiger partial charge in [-0.2, -0.15) is 0 Å². The fourth-order valence-corrected chi connectivity index (χ4v) is 3.03. The zero-order valence-corrected chi connectivity index (χ0v) is 14.0. The third-order valence-corrected chi connectivity index (χ3v) is 4.39. The molecule has 0 aliphatic heterocycles. The lowest BCUT2D eigenvalue weighted by Gasteiger charge is -2.12. The lowest BCUT2D eigenvalue weighted by Crippen LogP contribution is -2.13. The molecule has 2 aromatic carbocycles.